The topological polar surface area (TPSA) is 43.9 Å². The van der Waals surface area contributed by atoms with Crippen molar-refractivity contribution in [1.29, 1.82) is 0 Å². The largest absolute Gasteiger partial charge is 0.337 e. The minimum atomic E-state index is -0.0643. The summed E-state index contributed by atoms with van der Waals surface area (Å²) >= 11 is 5.97. The van der Waals surface area contributed by atoms with Gasteiger partial charge in [0, 0.05) is 49.9 Å². The molecule has 2 aliphatic heterocycles. The number of amides is 2. The van der Waals surface area contributed by atoms with E-state index >= 15 is 0 Å². The smallest absolute Gasteiger partial charge is 0.253 e. The molecular weight excluding hydrogens is 434 g/mol. The predicted molar refractivity (Wildman–Crippen MR) is 130 cm³/mol. The molecular formula is C27H32ClN3O2. The van der Waals surface area contributed by atoms with E-state index in [-0.39, 0.29) is 17.9 Å². The Kier molecular flexibility index (Phi) is 6.70. The van der Waals surface area contributed by atoms with Crippen LogP contribution in [0.15, 0.2) is 48.5 Å². The Hall–Kier alpha value is -2.37. The van der Waals surface area contributed by atoms with E-state index in [0.29, 0.717) is 36.1 Å². The van der Waals surface area contributed by atoms with Crippen LogP contribution in [0.1, 0.15) is 47.2 Å². The molecule has 1 unspecified atom stereocenters. The number of carbonyl (C=O) groups excluding carboxylic acids is 2. The standard InChI is InChI=1S/C27H32ClN3O2/c28-24-11-9-22(10-12-24)26(32)30-17-15-29(16-18-30)25(21-6-2-3-7-21)27(33)31-14-13-20-5-1-4-8-23(20)19-31/h1,4-5,8-12,21,25H,2-3,6-7,13-19H2. The summed E-state index contributed by atoms with van der Waals surface area (Å²) in [6, 6.07) is 15.5. The Morgan fingerprint density at radius 3 is 2.18 bits per heavy atom. The Morgan fingerprint density at radius 2 is 1.48 bits per heavy atom. The number of piperazine rings is 1. The number of hydrogen-bond acceptors (Lipinski definition) is 3. The van der Waals surface area contributed by atoms with Crippen LogP contribution >= 0.6 is 11.6 Å². The van der Waals surface area contributed by atoms with Crippen molar-refractivity contribution < 1.29 is 9.59 Å². The van der Waals surface area contributed by atoms with Gasteiger partial charge in [-0.3, -0.25) is 14.5 Å². The Bertz CT molecular complexity index is 995. The van der Waals surface area contributed by atoms with E-state index in [1.165, 1.54) is 24.0 Å². The Morgan fingerprint density at radius 1 is 0.818 bits per heavy atom. The molecule has 0 radical (unpaired) electrons. The molecule has 2 fully saturated rings. The van der Waals surface area contributed by atoms with Crippen LogP contribution in [-0.2, 0) is 17.8 Å². The van der Waals surface area contributed by atoms with Gasteiger partial charge in [-0.05, 0) is 60.6 Å². The molecule has 5 rings (SSSR count). The molecule has 2 heterocycles. The van der Waals surface area contributed by atoms with Crippen LogP contribution in [0, 0.1) is 5.92 Å². The van der Waals surface area contributed by atoms with Crippen LogP contribution in [0.3, 0.4) is 0 Å². The second-order valence-electron chi connectivity index (χ2n) is 9.60. The van der Waals surface area contributed by atoms with Crippen LogP contribution in [0.5, 0.6) is 0 Å². The van der Waals surface area contributed by atoms with Gasteiger partial charge in [-0.15, -0.1) is 0 Å². The zero-order chi connectivity index (χ0) is 22.8. The molecule has 5 nitrogen and oxygen atoms in total. The summed E-state index contributed by atoms with van der Waals surface area (Å²) in [7, 11) is 0. The number of fused-ring (bicyclic) bond motifs is 1. The number of carbonyl (C=O) groups is 2. The minimum Gasteiger partial charge on any atom is -0.337 e. The molecule has 2 amide bonds. The molecule has 0 bridgehead atoms. The molecule has 33 heavy (non-hydrogen) atoms. The van der Waals surface area contributed by atoms with Crippen LogP contribution in [0.2, 0.25) is 5.02 Å². The lowest BCUT2D eigenvalue weighted by Crippen LogP contribution is -2.58. The number of rotatable bonds is 4. The van der Waals surface area contributed by atoms with Crippen molar-refractivity contribution in [3.05, 3.63) is 70.2 Å². The van der Waals surface area contributed by atoms with E-state index < -0.39 is 0 Å². The van der Waals surface area contributed by atoms with Gasteiger partial charge in [0.25, 0.3) is 5.91 Å². The van der Waals surface area contributed by atoms with Crippen molar-refractivity contribution in [3.8, 4) is 0 Å². The van der Waals surface area contributed by atoms with Gasteiger partial charge >= 0.3 is 0 Å². The molecule has 0 spiro atoms. The van der Waals surface area contributed by atoms with Crippen molar-refractivity contribution in [2.45, 2.75) is 44.7 Å². The molecule has 174 valence electrons. The van der Waals surface area contributed by atoms with E-state index in [1.54, 1.807) is 24.3 Å². The fourth-order valence-electron chi connectivity index (χ4n) is 5.78. The average Bonchev–Trinajstić information content (AvgIpc) is 3.39. The Labute approximate surface area is 201 Å². The zero-order valence-corrected chi connectivity index (χ0v) is 19.8. The lowest BCUT2D eigenvalue weighted by molar-refractivity contribution is -0.141. The third kappa shape index (κ3) is 4.80. The van der Waals surface area contributed by atoms with Gasteiger partial charge in [0.05, 0.1) is 6.04 Å². The summed E-state index contributed by atoms with van der Waals surface area (Å²) in [5.74, 6) is 0.754. The third-order valence-electron chi connectivity index (χ3n) is 7.63. The van der Waals surface area contributed by atoms with E-state index in [9.17, 15) is 9.59 Å². The summed E-state index contributed by atoms with van der Waals surface area (Å²) < 4.78 is 0. The zero-order valence-electron chi connectivity index (χ0n) is 19.1. The van der Waals surface area contributed by atoms with Gasteiger partial charge in [0.2, 0.25) is 5.91 Å². The lowest BCUT2D eigenvalue weighted by Gasteiger charge is -2.43. The molecule has 1 saturated heterocycles. The maximum Gasteiger partial charge on any atom is 0.253 e. The molecule has 1 aliphatic carbocycles. The predicted octanol–water partition coefficient (Wildman–Crippen LogP) is 4.24. The van der Waals surface area contributed by atoms with Crippen molar-refractivity contribution in [2.24, 2.45) is 5.92 Å². The second kappa shape index (κ2) is 9.86. The molecule has 2 aromatic carbocycles. The number of hydrogen-bond donors (Lipinski definition) is 0. The summed E-state index contributed by atoms with van der Waals surface area (Å²) in [5, 5.41) is 0.634. The van der Waals surface area contributed by atoms with Gasteiger partial charge < -0.3 is 9.80 Å². The van der Waals surface area contributed by atoms with Crippen molar-refractivity contribution in [3.63, 3.8) is 0 Å². The number of nitrogens with zero attached hydrogens (tertiary/aromatic N) is 3. The van der Waals surface area contributed by atoms with Crippen molar-refractivity contribution in [2.75, 3.05) is 32.7 Å². The highest BCUT2D eigenvalue weighted by Crippen LogP contribution is 2.33. The Balaban J connectivity index is 1.27. The van der Waals surface area contributed by atoms with Crippen LogP contribution in [-0.4, -0.2) is 65.3 Å². The van der Waals surface area contributed by atoms with Crippen LogP contribution in [0.25, 0.3) is 0 Å². The minimum absolute atomic E-state index is 0.0442. The third-order valence-corrected chi connectivity index (χ3v) is 7.88. The highest BCUT2D eigenvalue weighted by Gasteiger charge is 2.40. The van der Waals surface area contributed by atoms with E-state index in [1.807, 2.05) is 4.90 Å². The fourth-order valence-corrected chi connectivity index (χ4v) is 5.90. The first-order valence-corrected chi connectivity index (χ1v) is 12.6. The monoisotopic (exact) mass is 465 g/mol. The van der Waals surface area contributed by atoms with Gasteiger partial charge in [0.1, 0.15) is 0 Å². The molecule has 0 aromatic heterocycles. The van der Waals surface area contributed by atoms with E-state index in [4.69, 9.17) is 11.6 Å². The summed E-state index contributed by atoms with van der Waals surface area (Å²) in [4.78, 5) is 33.1. The summed E-state index contributed by atoms with van der Waals surface area (Å²) in [6.45, 7) is 4.32. The number of benzene rings is 2. The fraction of sp³-hybridized carbons (Fsp3) is 0.481. The quantitative estimate of drug-likeness (QED) is 0.678. The van der Waals surface area contributed by atoms with Gasteiger partial charge in [0.15, 0.2) is 0 Å². The summed E-state index contributed by atoms with van der Waals surface area (Å²) in [6.07, 6.45) is 5.62. The van der Waals surface area contributed by atoms with E-state index in [0.717, 1.165) is 38.9 Å². The second-order valence-corrected chi connectivity index (χ2v) is 10.0. The van der Waals surface area contributed by atoms with Crippen molar-refractivity contribution in [1.82, 2.24) is 14.7 Å². The molecule has 1 atom stereocenters. The molecule has 6 heteroatoms. The SMILES string of the molecule is O=C(c1ccc(Cl)cc1)N1CCN(C(C(=O)N2CCc3ccccc3C2)C2CCCC2)CC1. The highest BCUT2D eigenvalue weighted by atomic mass is 35.5. The van der Waals surface area contributed by atoms with Gasteiger partial charge in [-0.2, -0.15) is 0 Å². The first-order valence-electron chi connectivity index (χ1n) is 12.2. The molecule has 3 aliphatic rings. The van der Waals surface area contributed by atoms with Gasteiger partial charge in [-0.25, -0.2) is 0 Å². The highest BCUT2D eigenvalue weighted by molar-refractivity contribution is 6.30. The van der Waals surface area contributed by atoms with Gasteiger partial charge in [-0.1, -0.05) is 48.7 Å². The van der Waals surface area contributed by atoms with E-state index in [2.05, 4.69) is 34.1 Å². The normalized spacial score (nSPS) is 20.5. The van der Waals surface area contributed by atoms with Crippen LogP contribution < -0.4 is 0 Å². The lowest BCUT2D eigenvalue weighted by atomic mass is 9.92. The maximum absolute atomic E-state index is 13.9. The first kappa shape index (κ1) is 22.4. The first-order chi connectivity index (χ1) is 16.1. The van der Waals surface area contributed by atoms with Crippen LogP contribution in [0.4, 0.5) is 0 Å². The molecule has 0 N–H and O–H groups in total. The molecule has 1 saturated carbocycles. The maximum atomic E-state index is 13.9. The molecule has 2 aromatic rings. The van der Waals surface area contributed by atoms with Crippen molar-refractivity contribution >= 4 is 23.4 Å². The average molecular weight is 466 g/mol. The number of halogens is 1. The summed E-state index contributed by atoms with van der Waals surface area (Å²) in [5.41, 5.74) is 3.32.